The van der Waals surface area contributed by atoms with Crippen LogP contribution in [0.3, 0.4) is 0 Å². The summed E-state index contributed by atoms with van der Waals surface area (Å²) in [6.07, 6.45) is 7.76. The smallest absolute Gasteiger partial charge is 0.234 e. The van der Waals surface area contributed by atoms with Crippen LogP contribution in [-0.4, -0.2) is 5.91 Å². The molecule has 1 aromatic carbocycles. The van der Waals surface area contributed by atoms with Crippen LogP contribution < -0.4 is 11.1 Å². The van der Waals surface area contributed by atoms with Gasteiger partial charge in [-0.1, -0.05) is 37.8 Å². The van der Waals surface area contributed by atoms with Crippen molar-refractivity contribution in [2.45, 2.75) is 63.8 Å². The van der Waals surface area contributed by atoms with Crippen molar-refractivity contribution in [2.24, 2.45) is 11.7 Å². The van der Waals surface area contributed by atoms with Crippen molar-refractivity contribution in [1.29, 1.82) is 0 Å². The molecule has 1 aliphatic carbocycles. The summed E-state index contributed by atoms with van der Waals surface area (Å²) >= 11 is 0. The molecule has 1 aromatic rings. The molecule has 21 heavy (non-hydrogen) atoms. The first-order chi connectivity index (χ1) is 10.00. The van der Waals surface area contributed by atoms with Gasteiger partial charge in [0.15, 0.2) is 0 Å². The van der Waals surface area contributed by atoms with E-state index in [0.29, 0.717) is 5.92 Å². The Morgan fingerprint density at radius 3 is 2.52 bits per heavy atom. The predicted molar refractivity (Wildman–Crippen MR) is 86.2 cm³/mol. The van der Waals surface area contributed by atoms with E-state index in [-0.39, 0.29) is 11.9 Å². The van der Waals surface area contributed by atoms with Gasteiger partial charge >= 0.3 is 0 Å². The minimum absolute atomic E-state index is 0.0812. The number of benzene rings is 1. The summed E-state index contributed by atoms with van der Waals surface area (Å²) in [7, 11) is 0. The summed E-state index contributed by atoms with van der Waals surface area (Å²) in [5, 5.41) is 2.96. The molecule has 1 unspecified atom stereocenters. The average Bonchev–Trinajstić information content (AvgIpc) is 2.68. The lowest BCUT2D eigenvalue weighted by Crippen LogP contribution is -2.27. The Balaban J connectivity index is 1.87. The number of carbonyl (C=O) groups excluding carboxylic acids is 1. The van der Waals surface area contributed by atoms with E-state index in [2.05, 4.69) is 17.4 Å². The molecule has 2 aliphatic rings. The molecule has 1 atom stereocenters. The lowest BCUT2D eigenvalue weighted by atomic mass is 9.82. The molecule has 1 heterocycles. The fraction of sp³-hybridized carbons (Fsp3) is 0.611. The first-order valence-electron chi connectivity index (χ1n) is 8.21. The molecule has 0 radical (unpaired) electrons. The predicted octanol–water partition coefficient (Wildman–Crippen LogP) is 3.89. The lowest BCUT2D eigenvalue weighted by molar-refractivity contribution is -0.119. The van der Waals surface area contributed by atoms with Crippen molar-refractivity contribution in [3.05, 3.63) is 29.3 Å². The van der Waals surface area contributed by atoms with Gasteiger partial charge in [0.25, 0.3) is 0 Å². The largest absolute Gasteiger partial charge is 0.325 e. The highest BCUT2D eigenvalue weighted by atomic mass is 16.2. The molecule has 0 saturated heterocycles. The van der Waals surface area contributed by atoms with Crippen LogP contribution >= 0.6 is 0 Å². The van der Waals surface area contributed by atoms with Crippen LogP contribution in [0.4, 0.5) is 5.69 Å². The van der Waals surface area contributed by atoms with Gasteiger partial charge in [-0.2, -0.15) is 0 Å². The zero-order chi connectivity index (χ0) is 15.0. The molecule has 1 aliphatic heterocycles. The number of hydrogen-bond acceptors (Lipinski definition) is 2. The highest BCUT2D eigenvalue weighted by Crippen LogP contribution is 2.40. The molecular weight excluding hydrogens is 260 g/mol. The minimum atomic E-state index is -0.450. The maximum absolute atomic E-state index is 12.0. The van der Waals surface area contributed by atoms with E-state index < -0.39 is 5.41 Å². The number of amides is 1. The van der Waals surface area contributed by atoms with Crippen LogP contribution in [0, 0.1) is 5.92 Å². The third kappa shape index (κ3) is 2.59. The summed E-state index contributed by atoms with van der Waals surface area (Å²) in [6, 6.07) is 6.37. The van der Waals surface area contributed by atoms with Gasteiger partial charge in [0.05, 0.1) is 5.41 Å². The average molecular weight is 286 g/mol. The number of rotatable bonds is 2. The van der Waals surface area contributed by atoms with E-state index in [0.717, 1.165) is 11.3 Å². The summed E-state index contributed by atoms with van der Waals surface area (Å²) in [6.45, 7) is 3.96. The molecule has 1 saturated carbocycles. The van der Waals surface area contributed by atoms with E-state index in [4.69, 9.17) is 5.73 Å². The summed E-state index contributed by atoms with van der Waals surface area (Å²) < 4.78 is 0. The maximum atomic E-state index is 12.0. The topological polar surface area (TPSA) is 55.1 Å². The second-order valence-corrected chi connectivity index (χ2v) is 7.16. The van der Waals surface area contributed by atoms with Crippen molar-refractivity contribution < 1.29 is 4.79 Å². The summed E-state index contributed by atoms with van der Waals surface area (Å²) in [4.78, 5) is 12.0. The Morgan fingerprint density at radius 2 is 1.86 bits per heavy atom. The third-order valence-corrected chi connectivity index (χ3v) is 5.33. The van der Waals surface area contributed by atoms with Gasteiger partial charge in [0.2, 0.25) is 5.91 Å². The van der Waals surface area contributed by atoms with Gasteiger partial charge in [-0.3, -0.25) is 4.79 Å². The molecule has 0 spiro atoms. The van der Waals surface area contributed by atoms with Gasteiger partial charge < -0.3 is 11.1 Å². The molecule has 1 fully saturated rings. The zero-order valence-corrected chi connectivity index (χ0v) is 13.1. The monoisotopic (exact) mass is 286 g/mol. The van der Waals surface area contributed by atoms with Crippen molar-refractivity contribution in [3.63, 3.8) is 0 Å². The van der Waals surface area contributed by atoms with Crippen LogP contribution in [0.5, 0.6) is 0 Å². The standard InChI is InChI=1S/C18H26N2O/c1-18(2)14-11-13(9-10-15(14)20-17(18)21)16(19)12-7-5-3-4-6-8-12/h9-12,16H,3-8,19H2,1-2H3,(H,20,21). The van der Waals surface area contributed by atoms with Crippen molar-refractivity contribution in [1.82, 2.24) is 0 Å². The van der Waals surface area contributed by atoms with E-state index in [9.17, 15) is 4.79 Å². The van der Waals surface area contributed by atoms with E-state index >= 15 is 0 Å². The van der Waals surface area contributed by atoms with Gasteiger partial charge in [-0.25, -0.2) is 0 Å². The van der Waals surface area contributed by atoms with E-state index in [1.165, 1.54) is 44.1 Å². The number of fused-ring (bicyclic) bond motifs is 1. The molecule has 3 rings (SSSR count). The highest BCUT2D eigenvalue weighted by molar-refractivity contribution is 6.05. The number of nitrogens with one attached hydrogen (secondary N) is 1. The first kappa shape index (κ1) is 14.6. The van der Waals surface area contributed by atoms with Gasteiger partial charge in [-0.15, -0.1) is 0 Å². The molecule has 0 aromatic heterocycles. The molecule has 0 bridgehead atoms. The number of nitrogens with two attached hydrogens (primary N) is 1. The zero-order valence-electron chi connectivity index (χ0n) is 13.1. The van der Waals surface area contributed by atoms with E-state index in [1.807, 2.05) is 19.9 Å². The van der Waals surface area contributed by atoms with Crippen LogP contribution in [0.25, 0.3) is 0 Å². The van der Waals surface area contributed by atoms with Crippen molar-refractivity contribution >= 4 is 11.6 Å². The number of anilines is 1. The quantitative estimate of drug-likeness (QED) is 0.810. The second-order valence-electron chi connectivity index (χ2n) is 7.16. The second kappa shape index (κ2) is 5.45. The van der Waals surface area contributed by atoms with Crippen molar-refractivity contribution in [2.75, 3.05) is 5.32 Å². The fourth-order valence-corrected chi connectivity index (χ4v) is 3.74. The third-order valence-electron chi connectivity index (χ3n) is 5.33. The van der Waals surface area contributed by atoms with Crippen LogP contribution in [0.1, 0.15) is 69.5 Å². The Labute approximate surface area is 127 Å². The van der Waals surface area contributed by atoms with Crippen LogP contribution in [-0.2, 0) is 10.2 Å². The fourth-order valence-electron chi connectivity index (χ4n) is 3.74. The van der Waals surface area contributed by atoms with E-state index in [1.54, 1.807) is 0 Å². The molecule has 3 N–H and O–H groups in total. The number of hydrogen-bond donors (Lipinski definition) is 2. The summed E-state index contributed by atoms with van der Waals surface area (Å²) in [5.41, 5.74) is 9.32. The molecular formula is C18H26N2O. The summed E-state index contributed by atoms with van der Waals surface area (Å²) in [5.74, 6) is 0.663. The minimum Gasteiger partial charge on any atom is -0.325 e. The number of carbonyl (C=O) groups is 1. The SMILES string of the molecule is CC1(C)C(=O)Nc2ccc(C(N)C3CCCCCC3)cc21. The first-order valence-corrected chi connectivity index (χ1v) is 8.21. The van der Waals surface area contributed by atoms with Crippen LogP contribution in [0.15, 0.2) is 18.2 Å². The highest BCUT2D eigenvalue weighted by Gasteiger charge is 2.38. The Hall–Kier alpha value is -1.35. The maximum Gasteiger partial charge on any atom is 0.234 e. The van der Waals surface area contributed by atoms with Crippen molar-refractivity contribution in [3.8, 4) is 0 Å². The lowest BCUT2D eigenvalue weighted by Gasteiger charge is -2.24. The van der Waals surface area contributed by atoms with Gasteiger partial charge in [0.1, 0.15) is 0 Å². The van der Waals surface area contributed by atoms with Gasteiger partial charge in [0, 0.05) is 11.7 Å². The molecule has 114 valence electrons. The normalized spacial score (nSPS) is 23.3. The molecule has 1 amide bonds. The Morgan fingerprint density at radius 1 is 1.19 bits per heavy atom. The Kier molecular flexibility index (Phi) is 3.78. The van der Waals surface area contributed by atoms with Gasteiger partial charge in [-0.05, 0) is 49.8 Å². The molecule has 3 nitrogen and oxygen atoms in total. The van der Waals surface area contributed by atoms with Crippen LogP contribution in [0.2, 0.25) is 0 Å². The Bertz CT molecular complexity index is 542. The molecule has 3 heteroatoms.